The molecule has 0 aliphatic heterocycles. The quantitative estimate of drug-likeness (QED) is 0.764. The van der Waals surface area contributed by atoms with E-state index in [9.17, 15) is 13.2 Å². The van der Waals surface area contributed by atoms with E-state index < -0.39 is 12.2 Å². The first-order valence-electron chi connectivity index (χ1n) is 4.63. The van der Waals surface area contributed by atoms with Crippen LogP contribution in [0.3, 0.4) is 0 Å². The van der Waals surface area contributed by atoms with Crippen LogP contribution >= 0.6 is 11.6 Å². The highest BCUT2D eigenvalue weighted by Gasteiger charge is 2.10. The number of alkyl halides is 2. The molecule has 0 amide bonds. The van der Waals surface area contributed by atoms with Gasteiger partial charge in [-0.25, -0.2) is 18.2 Å². The maximum Gasteiger partial charge on any atom is 0.265 e. The van der Waals surface area contributed by atoms with Crippen molar-refractivity contribution in [2.24, 2.45) is 0 Å². The molecule has 0 bridgehead atoms. The van der Waals surface area contributed by atoms with E-state index in [2.05, 4.69) is 9.97 Å². The normalized spacial score (nSPS) is 10.9. The zero-order valence-electron chi connectivity index (χ0n) is 8.37. The van der Waals surface area contributed by atoms with E-state index >= 15 is 0 Å². The van der Waals surface area contributed by atoms with E-state index in [1.807, 2.05) is 0 Å². The van der Waals surface area contributed by atoms with Gasteiger partial charge in [-0.15, -0.1) is 0 Å². The summed E-state index contributed by atoms with van der Waals surface area (Å²) >= 11 is 5.50. The standard InChI is InChI=1S/C11H6ClF3N2/c12-10-3-8(13)7(5-17-10)9-2-1-6(4-16-9)11(14)15/h1-5,11H. The molecule has 0 N–H and O–H groups in total. The highest BCUT2D eigenvalue weighted by Crippen LogP contribution is 2.24. The number of halogens is 4. The number of nitrogens with zero attached hydrogens (tertiary/aromatic N) is 2. The lowest BCUT2D eigenvalue weighted by Crippen LogP contribution is -1.92. The van der Waals surface area contributed by atoms with E-state index in [1.54, 1.807) is 0 Å². The fourth-order valence-electron chi connectivity index (χ4n) is 1.29. The average Bonchev–Trinajstić information content (AvgIpc) is 2.29. The van der Waals surface area contributed by atoms with Gasteiger partial charge in [0.05, 0.1) is 11.3 Å². The van der Waals surface area contributed by atoms with Crippen LogP contribution in [0, 0.1) is 5.82 Å². The molecule has 0 unspecified atom stereocenters. The van der Waals surface area contributed by atoms with Gasteiger partial charge in [-0.05, 0) is 12.1 Å². The third-order valence-electron chi connectivity index (χ3n) is 2.13. The first-order chi connectivity index (χ1) is 8.08. The molecule has 0 aliphatic rings. The van der Waals surface area contributed by atoms with Crippen LogP contribution in [-0.2, 0) is 0 Å². The second-order valence-corrected chi connectivity index (χ2v) is 3.65. The molecule has 0 aliphatic carbocycles. The van der Waals surface area contributed by atoms with E-state index in [-0.39, 0.29) is 22.0 Å². The van der Waals surface area contributed by atoms with Crippen LogP contribution in [0.5, 0.6) is 0 Å². The Morgan fingerprint density at radius 1 is 1.12 bits per heavy atom. The fraction of sp³-hybridized carbons (Fsp3) is 0.0909. The lowest BCUT2D eigenvalue weighted by molar-refractivity contribution is 0.151. The average molecular weight is 259 g/mol. The second-order valence-electron chi connectivity index (χ2n) is 3.26. The Morgan fingerprint density at radius 3 is 2.41 bits per heavy atom. The van der Waals surface area contributed by atoms with Crippen molar-refractivity contribution in [3.8, 4) is 11.3 Å². The highest BCUT2D eigenvalue weighted by atomic mass is 35.5. The molecule has 6 heteroatoms. The van der Waals surface area contributed by atoms with Crippen molar-refractivity contribution in [1.82, 2.24) is 9.97 Å². The van der Waals surface area contributed by atoms with Gasteiger partial charge in [0.25, 0.3) is 6.43 Å². The molecule has 2 rings (SSSR count). The Labute approximate surface area is 100 Å². The number of pyridine rings is 2. The third kappa shape index (κ3) is 2.55. The molecular formula is C11H6ClF3N2. The van der Waals surface area contributed by atoms with Gasteiger partial charge < -0.3 is 0 Å². The van der Waals surface area contributed by atoms with Gasteiger partial charge in [0.1, 0.15) is 11.0 Å². The molecule has 0 saturated carbocycles. The Morgan fingerprint density at radius 2 is 1.88 bits per heavy atom. The van der Waals surface area contributed by atoms with Gasteiger partial charge >= 0.3 is 0 Å². The number of hydrogen-bond donors (Lipinski definition) is 0. The van der Waals surface area contributed by atoms with Crippen molar-refractivity contribution >= 4 is 11.6 Å². The van der Waals surface area contributed by atoms with Crippen molar-refractivity contribution in [3.63, 3.8) is 0 Å². The largest absolute Gasteiger partial charge is 0.265 e. The SMILES string of the molecule is Fc1cc(Cl)ncc1-c1ccc(C(F)F)cn1. The van der Waals surface area contributed by atoms with Crippen molar-refractivity contribution in [1.29, 1.82) is 0 Å². The van der Waals surface area contributed by atoms with Gasteiger partial charge in [-0.3, -0.25) is 4.98 Å². The first-order valence-corrected chi connectivity index (χ1v) is 5.01. The van der Waals surface area contributed by atoms with Crippen LogP contribution in [-0.4, -0.2) is 9.97 Å². The van der Waals surface area contributed by atoms with E-state index in [0.717, 1.165) is 12.3 Å². The number of aromatic nitrogens is 2. The predicted molar refractivity (Wildman–Crippen MR) is 57.4 cm³/mol. The predicted octanol–water partition coefficient (Wildman–Crippen LogP) is 3.87. The molecule has 0 atom stereocenters. The van der Waals surface area contributed by atoms with E-state index in [1.165, 1.54) is 18.3 Å². The minimum Gasteiger partial charge on any atom is -0.256 e. The Kier molecular flexibility index (Phi) is 3.28. The Hall–Kier alpha value is -1.62. The van der Waals surface area contributed by atoms with Gasteiger partial charge in [-0.2, -0.15) is 0 Å². The summed E-state index contributed by atoms with van der Waals surface area (Å²) in [6, 6.07) is 3.55. The molecule has 0 fully saturated rings. The third-order valence-corrected chi connectivity index (χ3v) is 2.34. The molecule has 0 aromatic carbocycles. The van der Waals surface area contributed by atoms with Gasteiger partial charge in [0, 0.05) is 24.0 Å². The Balaban J connectivity index is 2.40. The van der Waals surface area contributed by atoms with Crippen LogP contribution in [0.4, 0.5) is 13.2 Å². The van der Waals surface area contributed by atoms with Crippen molar-refractivity contribution in [2.75, 3.05) is 0 Å². The summed E-state index contributed by atoms with van der Waals surface area (Å²) in [4.78, 5) is 7.47. The molecule has 2 nitrogen and oxygen atoms in total. The molecule has 0 radical (unpaired) electrons. The monoisotopic (exact) mass is 258 g/mol. The summed E-state index contributed by atoms with van der Waals surface area (Å²) in [6.45, 7) is 0. The molecule has 2 aromatic rings. The van der Waals surface area contributed by atoms with E-state index in [0.29, 0.717) is 0 Å². The molecular weight excluding hydrogens is 253 g/mol. The topological polar surface area (TPSA) is 25.8 Å². The first kappa shape index (κ1) is 11.9. The fourth-order valence-corrected chi connectivity index (χ4v) is 1.43. The summed E-state index contributed by atoms with van der Waals surface area (Å²) < 4.78 is 38.1. The summed E-state index contributed by atoms with van der Waals surface area (Å²) in [5.74, 6) is -0.595. The maximum atomic E-state index is 13.5. The van der Waals surface area contributed by atoms with E-state index in [4.69, 9.17) is 11.6 Å². The van der Waals surface area contributed by atoms with Gasteiger partial charge in [-0.1, -0.05) is 11.6 Å². The molecule has 0 spiro atoms. The molecule has 2 heterocycles. The van der Waals surface area contributed by atoms with Crippen LogP contribution in [0.2, 0.25) is 5.15 Å². The smallest absolute Gasteiger partial charge is 0.256 e. The summed E-state index contributed by atoms with van der Waals surface area (Å²) in [5.41, 5.74) is 0.141. The van der Waals surface area contributed by atoms with Crippen LogP contribution in [0.1, 0.15) is 12.0 Å². The number of rotatable bonds is 2. The number of hydrogen-bond acceptors (Lipinski definition) is 2. The maximum absolute atomic E-state index is 13.5. The summed E-state index contributed by atoms with van der Waals surface area (Å²) in [7, 11) is 0. The van der Waals surface area contributed by atoms with Crippen molar-refractivity contribution in [2.45, 2.75) is 6.43 Å². The zero-order valence-corrected chi connectivity index (χ0v) is 9.13. The molecule has 17 heavy (non-hydrogen) atoms. The second kappa shape index (κ2) is 4.71. The summed E-state index contributed by atoms with van der Waals surface area (Å²) in [5, 5.41) is 0.0236. The van der Waals surface area contributed by atoms with Gasteiger partial charge in [0.15, 0.2) is 0 Å². The van der Waals surface area contributed by atoms with Crippen molar-refractivity contribution in [3.05, 3.63) is 47.1 Å². The minimum atomic E-state index is -2.59. The van der Waals surface area contributed by atoms with Gasteiger partial charge in [0.2, 0.25) is 0 Å². The highest BCUT2D eigenvalue weighted by molar-refractivity contribution is 6.29. The molecule has 2 aromatic heterocycles. The van der Waals surface area contributed by atoms with Crippen LogP contribution in [0.15, 0.2) is 30.6 Å². The lowest BCUT2D eigenvalue weighted by atomic mass is 10.1. The zero-order chi connectivity index (χ0) is 12.4. The summed E-state index contributed by atoms with van der Waals surface area (Å²) in [6.07, 6.45) is -0.374. The molecule has 0 saturated heterocycles. The molecule has 88 valence electrons. The van der Waals surface area contributed by atoms with Crippen LogP contribution in [0.25, 0.3) is 11.3 Å². The minimum absolute atomic E-state index is 0.0236. The van der Waals surface area contributed by atoms with Crippen molar-refractivity contribution < 1.29 is 13.2 Å². The lowest BCUT2D eigenvalue weighted by Gasteiger charge is -2.04. The van der Waals surface area contributed by atoms with Crippen LogP contribution < -0.4 is 0 Å². The Bertz CT molecular complexity index is 529.